The minimum atomic E-state index is -0.279. The second-order valence-electron chi connectivity index (χ2n) is 6.02. The molecular weight excluding hydrogens is 366 g/mol. The summed E-state index contributed by atoms with van der Waals surface area (Å²) >= 11 is 1.17. The van der Waals surface area contributed by atoms with Crippen LogP contribution >= 0.6 is 11.8 Å². The molecule has 0 bridgehead atoms. The zero-order valence-electron chi connectivity index (χ0n) is 15.4. The third-order valence-electron chi connectivity index (χ3n) is 4.19. The molecule has 0 spiro atoms. The normalized spacial score (nSPS) is 11.1. The van der Waals surface area contributed by atoms with Gasteiger partial charge in [0.2, 0.25) is 5.91 Å². The van der Waals surface area contributed by atoms with Crippen LogP contribution in [0.3, 0.4) is 0 Å². The number of H-pyrrole nitrogens is 1. The quantitative estimate of drug-likeness (QED) is 0.363. The van der Waals surface area contributed by atoms with Gasteiger partial charge >= 0.3 is 0 Å². The van der Waals surface area contributed by atoms with Gasteiger partial charge in [-0.3, -0.25) is 9.59 Å². The molecule has 2 aromatic heterocycles. The fraction of sp³-hybridized carbons (Fsp3) is 0.333. The molecule has 0 aliphatic rings. The lowest BCUT2D eigenvalue weighted by Crippen LogP contribution is -2.28. The number of hydrogen-bond acceptors (Lipinski definition) is 6. The van der Waals surface area contributed by atoms with Crippen molar-refractivity contribution in [1.29, 1.82) is 0 Å². The molecule has 8 nitrogen and oxygen atoms in total. The highest BCUT2D eigenvalue weighted by Gasteiger charge is 2.14. The molecule has 9 heteroatoms. The van der Waals surface area contributed by atoms with Gasteiger partial charge in [-0.1, -0.05) is 23.9 Å². The smallest absolute Gasteiger partial charge is 0.262 e. The lowest BCUT2D eigenvalue weighted by molar-refractivity contribution is -0.118. The number of aromatic nitrogens is 4. The number of aryl methyl sites for hydroxylation is 1. The first-order valence-corrected chi connectivity index (χ1v) is 9.43. The molecule has 142 valence electrons. The second-order valence-corrected chi connectivity index (χ2v) is 6.98. The molecule has 1 amide bonds. The molecule has 3 aromatic rings. The number of ether oxygens (including phenoxy) is 1. The molecule has 3 rings (SSSR count). The number of carbonyl (C=O) groups is 1. The molecule has 0 aliphatic carbocycles. The zero-order valence-corrected chi connectivity index (χ0v) is 16.2. The number of fused-ring (bicyclic) bond motifs is 1. The number of amides is 1. The van der Waals surface area contributed by atoms with E-state index in [0.717, 1.165) is 16.8 Å². The third-order valence-corrected chi connectivity index (χ3v) is 5.06. The van der Waals surface area contributed by atoms with Crippen LogP contribution in [-0.4, -0.2) is 51.7 Å². The Hall–Kier alpha value is -2.65. The van der Waals surface area contributed by atoms with E-state index >= 15 is 0 Å². The Balaban J connectivity index is 1.88. The van der Waals surface area contributed by atoms with E-state index < -0.39 is 0 Å². The summed E-state index contributed by atoms with van der Waals surface area (Å²) in [5.74, 6) is -0.00157. The third kappa shape index (κ3) is 4.20. The van der Waals surface area contributed by atoms with E-state index in [1.807, 2.05) is 32.0 Å². The van der Waals surface area contributed by atoms with Gasteiger partial charge in [0.25, 0.3) is 5.56 Å². The highest BCUT2D eigenvalue weighted by molar-refractivity contribution is 7.99. The van der Waals surface area contributed by atoms with Crippen molar-refractivity contribution in [1.82, 2.24) is 25.1 Å². The van der Waals surface area contributed by atoms with Gasteiger partial charge in [0.15, 0.2) is 10.8 Å². The van der Waals surface area contributed by atoms with Crippen molar-refractivity contribution in [2.75, 3.05) is 26.0 Å². The Morgan fingerprint density at radius 2 is 2.19 bits per heavy atom. The number of aromatic amines is 1. The Bertz CT molecular complexity index is 1030. The number of nitrogens with one attached hydrogen (secondary N) is 2. The Morgan fingerprint density at radius 3 is 2.96 bits per heavy atom. The number of hydrogen-bond donors (Lipinski definition) is 2. The van der Waals surface area contributed by atoms with Gasteiger partial charge < -0.3 is 15.0 Å². The van der Waals surface area contributed by atoms with Crippen molar-refractivity contribution in [3.05, 3.63) is 45.9 Å². The number of benzene rings is 1. The molecule has 0 atom stereocenters. The van der Waals surface area contributed by atoms with E-state index in [0.29, 0.717) is 29.3 Å². The number of methoxy groups -OCH3 is 1. The van der Waals surface area contributed by atoms with Crippen LogP contribution in [0.2, 0.25) is 0 Å². The average Bonchev–Trinajstić information content (AvgIpc) is 3.07. The van der Waals surface area contributed by atoms with Crippen LogP contribution in [-0.2, 0) is 9.53 Å². The van der Waals surface area contributed by atoms with Gasteiger partial charge in [-0.25, -0.2) is 9.67 Å². The monoisotopic (exact) mass is 387 g/mol. The van der Waals surface area contributed by atoms with E-state index in [1.165, 1.54) is 18.0 Å². The molecule has 0 saturated carbocycles. The topological polar surface area (TPSA) is 102 Å². The molecule has 27 heavy (non-hydrogen) atoms. The number of rotatable bonds is 7. The van der Waals surface area contributed by atoms with E-state index in [1.54, 1.807) is 11.8 Å². The highest BCUT2D eigenvalue weighted by Crippen LogP contribution is 2.21. The van der Waals surface area contributed by atoms with Gasteiger partial charge in [-0.15, -0.1) is 0 Å². The molecule has 0 radical (unpaired) electrons. The van der Waals surface area contributed by atoms with Crippen molar-refractivity contribution in [3.8, 4) is 5.69 Å². The van der Waals surface area contributed by atoms with Crippen LogP contribution in [0.5, 0.6) is 0 Å². The summed E-state index contributed by atoms with van der Waals surface area (Å²) < 4.78 is 6.55. The summed E-state index contributed by atoms with van der Waals surface area (Å²) in [6, 6.07) is 5.90. The summed E-state index contributed by atoms with van der Waals surface area (Å²) in [6.07, 6.45) is 1.51. The molecular formula is C18H21N5O3S. The van der Waals surface area contributed by atoms with Crippen molar-refractivity contribution < 1.29 is 9.53 Å². The number of thioether (sulfide) groups is 1. The lowest BCUT2D eigenvalue weighted by atomic mass is 10.1. The van der Waals surface area contributed by atoms with Gasteiger partial charge in [0, 0.05) is 13.7 Å². The standard InChI is InChI=1S/C18H21N5O3S/c1-11-5-4-6-14(12(11)2)23-16-13(9-20-23)17(25)22-18(21-16)27-10-15(24)19-7-8-26-3/h4-6,9H,7-8,10H2,1-3H3,(H,19,24)(H,21,22,25). The van der Waals surface area contributed by atoms with Gasteiger partial charge in [0.05, 0.1) is 24.2 Å². The minimum Gasteiger partial charge on any atom is -0.383 e. The largest absolute Gasteiger partial charge is 0.383 e. The SMILES string of the molecule is COCCNC(=O)CSc1nc2c(cnn2-c2cccc(C)c2C)c(=O)[nH]1. The summed E-state index contributed by atoms with van der Waals surface area (Å²) in [5.41, 5.74) is 3.25. The zero-order chi connectivity index (χ0) is 19.4. The van der Waals surface area contributed by atoms with Crippen LogP contribution in [0.15, 0.2) is 34.3 Å². The molecule has 0 unspecified atom stereocenters. The van der Waals surface area contributed by atoms with Gasteiger partial charge in [0.1, 0.15) is 5.39 Å². The van der Waals surface area contributed by atoms with E-state index in [4.69, 9.17) is 4.74 Å². The van der Waals surface area contributed by atoms with E-state index in [9.17, 15) is 9.59 Å². The predicted molar refractivity (Wildman–Crippen MR) is 105 cm³/mol. The molecule has 0 fully saturated rings. The highest BCUT2D eigenvalue weighted by atomic mass is 32.2. The molecule has 2 N–H and O–H groups in total. The fourth-order valence-corrected chi connectivity index (χ4v) is 3.27. The maximum absolute atomic E-state index is 12.4. The van der Waals surface area contributed by atoms with Crippen molar-refractivity contribution >= 4 is 28.7 Å². The van der Waals surface area contributed by atoms with Crippen LogP contribution in [0.25, 0.3) is 16.7 Å². The second kappa shape index (κ2) is 8.36. The van der Waals surface area contributed by atoms with Crippen molar-refractivity contribution in [2.24, 2.45) is 0 Å². The first-order valence-electron chi connectivity index (χ1n) is 8.44. The summed E-state index contributed by atoms with van der Waals surface area (Å²) in [5, 5.41) is 7.86. The minimum absolute atomic E-state index is 0.149. The fourth-order valence-electron chi connectivity index (χ4n) is 2.59. The first kappa shape index (κ1) is 19.1. The summed E-state index contributed by atoms with van der Waals surface area (Å²) in [4.78, 5) is 31.4. The van der Waals surface area contributed by atoms with Crippen molar-refractivity contribution in [2.45, 2.75) is 19.0 Å². The van der Waals surface area contributed by atoms with Crippen molar-refractivity contribution in [3.63, 3.8) is 0 Å². The van der Waals surface area contributed by atoms with Gasteiger partial charge in [-0.05, 0) is 31.0 Å². The maximum atomic E-state index is 12.4. The number of carbonyl (C=O) groups excluding carboxylic acids is 1. The number of nitrogens with zero attached hydrogens (tertiary/aromatic N) is 3. The molecule has 1 aromatic carbocycles. The van der Waals surface area contributed by atoms with Gasteiger partial charge in [-0.2, -0.15) is 5.10 Å². The van der Waals surface area contributed by atoms with E-state index in [2.05, 4.69) is 20.4 Å². The molecule has 2 heterocycles. The molecule has 0 aliphatic heterocycles. The molecule has 0 saturated heterocycles. The Labute approximate surface area is 160 Å². The van der Waals surface area contributed by atoms with Crippen LogP contribution in [0.1, 0.15) is 11.1 Å². The Morgan fingerprint density at radius 1 is 1.37 bits per heavy atom. The van der Waals surface area contributed by atoms with Crippen LogP contribution < -0.4 is 10.9 Å². The van der Waals surface area contributed by atoms with E-state index in [-0.39, 0.29) is 17.2 Å². The Kier molecular flexibility index (Phi) is 5.92. The summed E-state index contributed by atoms with van der Waals surface area (Å²) in [7, 11) is 1.57. The maximum Gasteiger partial charge on any atom is 0.262 e. The first-order chi connectivity index (χ1) is 13.0. The lowest BCUT2D eigenvalue weighted by Gasteiger charge is -2.09. The van der Waals surface area contributed by atoms with Crippen LogP contribution in [0, 0.1) is 13.8 Å². The summed E-state index contributed by atoms with van der Waals surface area (Å²) in [6.45, 7) is 4.92. The van der Waals surface area contributed by atoms with Crippen LogP contribution in [0.4, 0.5) is 0 Å². The average molecular weight is 387 g/mol. The predicted octanol–water partition coefficient (Wildman–Crippen LogP) is 1.58.